The monoisotopic (exact) mass is 436 g/mol. The number of aryl methyl sites for hydroxylation is 1. The molecule has 1 N–H and O–H groups in total. The van der Waals surface area contributed by atoms with Crippen molar-refractivity contribution in [2.75, 3.05) is 60.9 Å². The molecule has 2 aliphatic rings. The number of hydrogen-bond donors (Lipinski definition) is 1. The highest BCUT2D eigenvalue weighted by Gasteiger charge is 2.21. The van der Waals surface area contributed by atoms with E-state index in [-0.39, 0.29) is 5.91 Å². The molecule has 1 aromatic heterocycles. The average Bonchev–Trinajstić information content (AvgIpc) is 2.80. The van der Waals surface area contributed by atoms with Gasteiger partial charge >= 0.3 is 0 Å². The van der Waals surface area contributed by atoms with E-state index in [0.29, 0.717) is 12.5 Å². The van der Waals surface area contributed by atoms with Gasteiger partial charge in [-0.2, -0.15) is 0 Å². The Morgan fingerprint density at radius 3 is 2.28 bits per heavy atom. The van der Waals surface area contributed by atoms with E-state index in [4.69, 9.17) is 4.98 Å². The summed E-state index contributed by atoms with van der Waals surface area (Å²) in [7, 11) is 0. The van der Waals surface area contributed by atoms with Crippen LogP contribution in [-0.4, -0.2) is 66.6 Å². The highest BCUT2D eigenvalue weighted by Crippen LogP contribution is 2.22. The van der Waals surface area contributed by atoms with Crippen LogP contribution in [0.15, 0.2) is 30.3 Å². The van der Waals surface area contributed by atoms with Gasteiger partial charge in [0.2, 0.25) is 5.91 Å². The fraction of sp³-hybridized carbons (Fsp3) is 0.560. The predicted molar refractivity (Wildman–Crippen MR) is 131 cm³/mol. The van der Waals surface area contributed by atoms with Gasteiger partial charge in [-0.15, -0.1) is 0 Å². The lowest BCUT2D eigenvalue weighted by molar-refractivity contribution is -0.117. The molecule has 3 heterocycles. The van der Waals surface area contributed by atoms with Crippen molar-refractivity contribution in [1.29, 1.82) is 0 Å². The fourth-order valence-electron chi connectivity index (χ4n) is 4.44. The van der Waals surface area contributed by atoms with Gasteiger partial charge in [-0.25, -0.2) is 9.97 Å². The van der Waals surface area contributed by atoms with Gasteiger partial charge in [0.15, 0.2) is 0 Å². The summed E-state index contributed by atoms with van der Waals surface area (Å²) in [5.41, 5.74) is 3.12. The summed E-state index contributed by atoms with van der Waals surface area (Å²) in [5.74, 6) is 2.25. The molecule has 7 nitrogen and oxygen atoms in total. The predicted octanol–water partition coefficient (Wildman–Crippen LogP) is 3.66. The molecule has 32 heavy (non-hydrogen) atoms. The first-order valence-corrected chi connectivity index (χ1v) is 12.0. The molecule has 2 aliphatic heterocycles. The zero-order valence-electron chi connectivity index (χ0n) is 19.7. The number of piperidine rings is 1. The van der Waals surface area contributed by atoms with Gasteiger partial charge in [-0.1, -0.05) is 13.8 Å². The van der Waals surface area contributed by atoms with E-state index >= 15 is 0 Å². The zero-order chi connectivity index (χ0) is 22.5. The number of amides is 1. The third-order valence-corrected chi connectivity index (χ3v) is 6.31. The SMILES string of the molecule is Cc1cc(N2CCN(CC(=O)Nc3ccc(N4CCCCC4)cc3)CC2)nc(C(C)C)n1. The van der Waals surface area contributed by atoms with Gasteiger partial charge in [0.05, 0.1) is 6.54 Å². The quantitative estimate of drug-likeness (QED) is 0.746. The number of nitrogens with one attached hydrogen (secondary N) is 1. The summed E-state index contributed by atoms with van der Waals surface area (Å²) in [6.07, 6.45) is 3.86. The minimum atomic E-state index is 0.0455. The van der Waals surface area contributed by atoms with E-state index in [9.17, 15) is 4.79 Å². The van der Waals surface area contributed by atoms with Crippen molar-refractivity contribution in [2.24, 2.45) is 0 Å². The molecule has 0 aliphatic carbocycles. The van der Waals surface area contributed by atoms with Gasteiger partial charge in [-0.3, -0.25) is 9.69 Å². The largest absolute Gasteiger partial charge is 0.372 e. The second kappa shape index (κ2) is 10.3. The van der Waals surface area contributed by atoms with Crippen LogP contribution in [0, 0.1) is 6.92 Å². The Kier molecular flexibility index (Phi) is 7.25. The van der Waals surface area contributed by atoms with Crippen molar-refractivity contribution in [3.8, 4) is 0 Å². The summed E-state index contributed by atoms with van der Waals surface area (Å²) in [5, 5.41) is 3.06. The Labute approximate surface area is 191 Å². The van der Waals surface area contributed by atoms with Gasteiger partial charge < -0.3 is 15.1 Å². The maximum absolute atomic E-state index is 12.6. The number of aromatic nitrogens is 2. The normalized spacial score (nSPS) is 17.6. The standard InChI is InChI=1S/C25H36N6O/c1-19(2)25-26-20(3)17-23(28-25)31-15-13-29(14-16-31)18-24(32)27-21-7-9-22(10-8-21)30-11-5-4-6-12-30/h7-10,17,19H,4-6,11-16,18H2,1-3H3,(H,27,32). The van der Waals surface area contributed by atoms with E-state index < -0.39 is 0 Å². The molecule has 0 saturated carbocycles. The number of hydrogen-bond acceptors (Lipinski definition) is 6. The van der Waals surface area contributed by atoms with Crippen molar-refractivity contribution in [3.05, 3.63) is 41.9 Å². The third-order valence-electron chi connectivity index (χ3n) is 6.31. The molecule has 0 unspecified atom stereocenters. The summed E-state index contributed by atoms with van der Waals surface area (Å²) in [6.45, 7) is 12.4. The molecule has 0 atom stereocenters. The Balaban J connectivity index is 1.26. The van der Waals surface area contributed by atoms with Crippen LogP contribution < -0.4 is 15.1 Å². The Bertz CT molecular complexity index is 899. The molecule has 2 aromatic rings. The number of benzene rings is 1. The molecule has 1 aromatic carbocycles. The molecular formula is C25H36N6O. The lowest BCUT2D eigenvalue weighted by atomic mass is 10.1. The van der Waals surface area contributed by atoms with Crippen molar-refractivity contribution in [2.45, 2.75) is 46.0 Å². The maximum Gasteiger partial charge on any atom is 0.238 e. The van der Waals surface area contributed by atoms with Crippen LogP contribution in [-0.2, 0) is 4.79 Å². The molecule has 0 radical (unpaired) electrons. The minimum absolute atomic E-state index is 0.0455. The lowest BCUT2D eigenvalue weighted by Gasteiger charge is -2.35. The third kappa shape index (κ3) is 5.76. The van der Waals surface area contributed by atoms with Crippen LogP contribution in [0.3, 0.4) is 0 Å². The van der Waals surface area contributed by atoms with Crippen LogP contribution in [0.1, 0.15) is 50.5 Å². The molecule has 0 spiro atoms. The summed E-state index contributed by atoms with van der Waals surface area (Å²) < 4.78 is 0. The van der Waals surface area contributed by atoms with Crippen molar-refractivity contribution in [3.63, 3.8) is 0 Å². The van der Waals surface area contributed by atoms with E-state index in [1.807, 2.05) is 19.1 Å². The number of carbonyl (C=O) groups excluding carboxylic acids is 1. The van der Waals surface area contributed by atoms with Gasteiger partial charge in [-0.05, 0) is 50.5 Å². The summed E-state index contributed by atoms with van der Waals surface area (Å²) in [4.78, 5) is 28.8. The number of carbonyl (C=O) groups is 1. The van der Waals surface area contributed by atoms with E-state index in [1.54, 1.807) is 0 Å². The van der Waals surface area contributed by atoms with Gasteiger partial charge in [0.1, 0.15) is 11.6 Å². The Morgan fingerprint density at radius 1 is 0.938 bits per heavy atom. The number of piperazine rings is 1. The molecule has 1 amide bonds. The zero-order valence-corrected chi connectivity index (χ0v) is 19.7. The Hall–Kier alpha value is -2.67. The number of anilines is 3. The first-order valence-electron chi connectivity index (χ1n) is 12.0. The fourth-order valence-corrected chi connectivity index (χ4v) is 4.44. The average molecular weight is 437 g/mol. The minimum Gasteiger partial charge on any atom is -0.372 e. The summed E-state index contributed by atoms with van der Waals surface area (Å²) in [6, 6.07) is 10.3. The molecule has 0 bridgehead atoms. The van der Waals surface area contributed by atoms with Crippen LogP contribution in [0.5, 0.6) is 0 Å². The molecule has 2 fully saturated rings. The van der Waals surface area contributed by atoms with Crippen LogP contribution >= 0.6 is 0 Å². The maximum atomic E-state index is 12.6. The van der Waals surface area contributed by atoms with Crippen molar-refractivity contribution in [1.82, 2.24) is 14.9 Å². The van der Waals surface area contributed by atoms with Gasteiger partial charge in [0.25, 0.3) is 0 Å². The van der Waals surface area contributed by atoms with Crippen molar-refractivity contribution >= 4 is 23.1 Å². The first-order chi connectivity index (χ1) is 15.5. The smallest absolute Gasteiger partial charge is 0.238 e. The second-order valence-corrected chi connectivity index (χ2v) is 9.29. The Morgan fingerprint density at radius 2 is 1.62 bits per heavy atom. The van der Waals surface area contributed by atoms with Gasteiger partial charge in [0, 0.05) is 68.3 Å². The van der Waals surface area contributed by atoms with Crippen LogP contribution in [0.2, 0.25) is 0 Å². The van der Waals surface area contributed by atoms with Crippen molar-refractivity contribution < 1.29 is 4.79 Å². The first kappa shape index (κ1) is 22.5. The van der Waals surface area contributed by atoms with E-state index in [0.717, 1.165) is 62.3 Å². The molecular weight excluding hydrogens is 400 g/mol. The second-order valence-electron chi connectivity index (χ2n) is 9.29. The molecule has 7 heteroatoms. The highest BCUT2D eigenvalue weighted by molar-refractivity contribution is 5.92. The lowest BCUT2D eigenvalue weighted by Crippen LogP contribution is -2.49. The van der Waals surface area contributed by atoms with E-state index in [2.05, 4.69) is 57.0 Å². The topological polar surface area (TPSA) is 64.6 Å². The summed E-state index contributed by atoms with van der Waals surface area (Å²) >= 11 is 0. The molecule has 2 saturated heterocycles. The van der Waals surface area contributed by atoms with Crippen LogP contribution in [0.25, 0.3) is 0 Å². The molecule has 172 valence electrons. The number of nitrogens with zero attached hydrogens (tertiary/aromatic N) is 5. The number of rotatable bonds is 6. The van der Waals surface area contributed by atoms with Crippen LogP contribution in [0.4, 0.5) is 17.2 Å². The molecule has 4 rings (SSSR count). The highest BCUT2D eigenvalue weighted by atomic mass is 16.2. The van der Waals surface area contributed by atoms with E-state index in [1.165, 1.54) is 24.9 Å².